The second-order valence-corrected chi connectivity index (χ2v) is 35.9. The molecule has 0 aromatic carbocycles. The third-order valence-corrected chi connectivity index (χ3v) is 24.2. The van der Waals surface area contributed by atoms with Gasteiger partial charge in [0, 0.05) is 71.0 Å². The zero-order valence-electron chi connectivity index (χ0n) is 62.5. The highest BCUT2D eigenvalue weighted by Gasteiger charge is 2.49. The molecule has 502 valence electrons. The number of likely N-dealkylation sites (N-methyl/N-ethyl adjacent to an activating group) is 7. The zero-order chi connectivity index (χ0) is 63.8. The van der Waals surface area contributed by atoms with Gasteiger partial charge in [-0.25, -0.2) is 9.80 Å². The standard InChI is InChI=1S/3C11H25N2.2C10H21N2.2C9H19N2/c1-10(2)7-12-9-13(5,6)8-11(12,3)4;1-10(2)7-12-8-11(3,4)13(5,6)9-12;1-9(2)7-12-8-13(5,6)11(4)10(12)3;1-3-10-8-12(9-11(10)2)6-4-5-7-12;1-3-10-8-11(2)9-12(10)6-4-5-7-12;1-9-7-11(8-10(9)2)5-3-4-6-11;1-9-7-10(2)8-11(9)5-3-4-6-11/h2*10H,7-9H2,1-6H3;9-11H,7-8H2,1-6H3;2*10H,3-9H2,1-2H3;2*9H,3-8H2,1-2H3/q7*+1. The SMILES string of the molecule is CC(C)CN1CC(C)(C)[N+](C)(C)C1.CC(C)CN1C[N+](C)(C)C(C)C1C.CC(C)CN1C[N+](C)(C)CC1(C)C.CC1CN(C)C[N+]12CCCC2.CC1C[N+]2(CCCC2)CN1C.CCC1CN(C)C[N+]12CCCC2.CCC1C[N+]2(CCCC2)CN1C. The Labute approximate surface area is 531 Å². The zero-order valence-corrected chi connectivity index (χ0v) is 62.5. The normalized spacial score (nSPS) is 33.0. The van der Waals surface area contributed by atoms with Crippen molar-refractivity contribution in [2.45, 2.75) is 222 Å². The smallest absolute Gasteiger partial charge is 0.135 e. The van der Waals surface area contributed by atoms with Crippen LogP contribution in [-0.4, -0.2) is 341 Å². The molecule has 11 rings (SSSR count). The molecule has 0 bridgehead atoms. The second-order valence-electron chi connectivity index (χ2n) is 35.9. The van der Waals surface area contributed by atoms with Crippen molar-refractivity contribution in [3.8, 4) is 0 Å². The maximum absolute atomic E-state index is 2.62. The van der Waals surface area contributed by atoms with Crippen LogP contribution in [0, 0.1) is 17.8 Å². The van der Waals surface area contributed by atoms with E-state index in [1.807, 2.05) is 0 Å². The van der Waals surface area contributed by atoms with Crippen LogP contribution in [0.5, 0.6) is 0 Å². The van der Waals surface area contributed by atoms with Crippen LogP contribution >= 0.6 is 0 Å². The van der Waals surface area contributed by atoms with Gasteiger partial charge in [-0.05, 0) is 114 Å². The van der Waals surface area contributed by atoms with Crippen molar-refractivity contribution in [2.75, 3.05) is 228 Å². The van der Waals surface area contributed by atoms with Gasteiger partial charge >= 0.3 is 0 Å². The lowest BCUT2D eigenvalue weighted by Gasteiger charge is -2.36. The summed E-state index contributed by atoms with van der Waals surface area (Å²) in [5.74, 6) is 2.35. The molecule has 6 unspecified atom stereocenters. The molecule has 11 saturated heterocycles. The molecule has 0 aromatic rings. The highest BCUT2D eigenvalue weighted by molar-refractivity contribution is 4.85. The average molecular weight is 1210 g/mol. The Morgan fingerprint density at radius 1 is 0.494 bits per heavy atom. The summed E-state index contributed by atoms with van der Waals surface area (Å²) in [6.07, 6.45) is 14.4. The lowest BCUT2D eigenvalue weighted by Crippen LogP contribution is -2.52. The summed E-state index contributed by atoms with van der Waals surface area (Å²) in [5, 5.41) is 0. The minimum absolute atomic E-state index is 0.383. The van der Waals surface area contributed by atoms with E-state index in [4.69, 9.17) is 0 Å². The molecule has 11 aliphatic rings. The Morgan fingerprint density at radius 3 is 1.34 bits per heavy atom. The van der Waals surface area contributed by atoms with E-state index < -0.39 is 0 Å². The Morgan fingerprint density at radius 2 is 0.965 bits per heavy atom. The van der Waals surface area contributed by atoms with Gasteiger partial charge in [-0.15, -0.1) is 0 Å². The monoisotopic (exact) mass is 1200 g/mol. The molecule has 11 aliphatic heterocycles. The third-order valence-electron chi connectivity index (χ3n) is 24.2. The molecule has 0 aromatic heterocycles. The highest BCUT2D eigenvalue weighted by atomic mass is 15.6. The van der Waals surface area contributed by atoms with Gasteiger partial charge in [0.1, 0.15) is 70.3 Å². The van der Waals surface area contributed by atoms with E-state index in [9.17, 15) is 0 Å². The summed E-state index contributed by atoms with van der Waals surface area (Å²) in [6, 6.07) is 5.01. The van der Waals surface area contributed by atoms with Crippen LogP contribution in [0.4, 0.5) is 0 Å². The fourth-order valence-corrected chi connectivity index (χ4v) is 18.8. The minimum Gasteiger partial charge on any atom is -0.314 e. The molecular weight excluding hydrogens is 1050 g/mol. The molecule has 0 amide bonds. The Hall–Kier alpha value is -0.560. The van der Waals surface area contributed by atoms with Crippen molar-refractivity contribution in [2.24, 2.45) is 17.8 Å². The number of quaternary nitrogens is 7. The Balaban J connectivity index is 0.000000181. The van der Waals surface area contributed by atoms with Crippen LogP contribution in [-0.2, 0) is 0 Å². The predicted molar refractivity (Wildman–Crippen MR) is 366 cm³/mol. The quantitative estimate of drug-likeness (QED) is 0.223. The molecule has 85 heavy (non-hydrogen) atoms. The molecule has 14 nitrogen and oxygen atoms in total. The van der Waals surface area contributed by atoms with Gasteiger partial charge in [-0.3, -0.25) is 24.5 Å². The highest BCUT2D eigenvalue weighted by Crippen LogP contribution is 2.34. The van der Waals surface area contributed by atoms with Crippen LogP contribution in [0.15, 0.2) is 0 Å². The Bertz CT molecular complexity index is 1900. The van der Waals surface area contributed by atoms with Crippen LogP contribution < -0.4 is 0 Å². The van der Waals surface area contributed by atoms with Gasteiger partial charge < -0.3 is 31.4 Å². The van der Waals surface area contributed by atoms with Crippen molar-refractivity contribution in [1.29, 1.82) is 0 Å². The van der Waals surface area contributed by atoms with Crippen LogP contribution in [0.3, 0.4) is 0 Å². The third kappa shape index (κ3) is 20.5. The molecule has 0 saturated carbocycles. The molecule has 11 fully saturated rings. The number of hydrogen-bond donors (Lipinski definition) is 0. The van der Waals surface area contributed by atoms with Crippen LogP contribution in [0.2, 0.25) is 0 Å². The molecule has 4 spiro atoms. The van der Waals surface area contributed by atoms with Gasteiger partial charge in [0.05, 0.1) is 158 Å². The van der Waals surface area contributed by atoms with Crippen LogP contribution in [0.25, 0.3) is 0 Å². The van der Waals surface area contributed by atoms with E-state index >= 15 is 0 Å². The summed E-state index contributed by atoms with van der Waals surface area (Å²) < 4.78 is 9.05. The summed E-state index contributed by atoms with van der Waals surface area (Å²) in [7, 11) is 23.1. The van der Waals surface area contributed by atoms with Gasteiger partial charge in [0.15, 0.2) is 0 Å². The largest absolute Gasteiger partial charge is 0.314 e. The number of rotatable bonds is 8. The molecule has 0 aliphatic carbocycles. The molecule has 0 N–H and O–H groups in total. The van der Waals surface area contributed by atoms with E-state index in [0.29, 0.717) is 11.1 Å². The van der Waals surface area contributed by atoms with E-state index in [1.165, 1.54) is 240 Å². The fourth-order valence-electron chi connectivity index (χ4n) is 18.8. The average Bonchev–Trinajstić information content (AvgIpc) is 4.26. The van der Waals surface area contributed by atoms with Crippen molar-refractivity contribution in [3.63, 3.8) is 0 Å². The van der Waals surface area contributed by atoms with E-state index in [1.54, 1.807) is 0 Å². The first kappa shape index (κ1) is 75.2. The summed E-state index contributed by atoms with van der Waals surface area (Å²) in [5.41, 5.74) is 0.794. The fraction of sp³-hybridized carbons (Fsp3) is 1.00. The van der Waals surface area contributed by atoms with E-state index in [-0.39, 0.29) is 0 Å². The molecular formula is C71H155N14+7. The summed E-state index contributed by atoms with van der Waals surface area (Å²) in [6.45, 7) is 69.5. The number of hydrogen-bond acceptors (Lipinski definition) is 7. The van der Waals surface area contributed by atoms with Crippen molar-refractivity contribution in [1.82, 2.24) is 34.3 Å². The lowest BCUT2D eigenvalue weighted by molar-refractivity contribution is -0.931. The molecule has 11 heterocycles. The minimum atomic E-state index is 0.383. The van der Waals surface area contributed by atoms with Gasteiger partial charge in [-0.2, -0.15) is 0 Å². The van der Waals surface area contributed by atoms with Gasteiger partial charge in [-0.1, -0.05) is 55.4 Å². The number of nitrogens with zero attached hydrogens (tertiary/aromatic N) is 14. The first-order valence-electron chi connectivity index (χ1n) is 36.2. The van der Waals surface area contributed by atoms with Crippen molar-refractivity contribution in [3.05, 3.63) is 0 Å². The van der Waals surface area contributed by atoms with Crippen molar-refractivity contribution >= 4 is 0 Å². The predicted octanol–water partition coefficient (Wildman–Crippen LogP) is 9.64. The topological polar surface area (TPSA) is 22.7 Å². The van der Waals surface area contributed by atoms with Crippen LogP contribution in [0.1, 0.15) is 175 Å². The first-order chi connectivity index (χ1) is 39.3. The van der Waals surface area contributed by atoms with Gasteiger partial charge in [0.2, 0.25) is 0 Å². The summed E-state index contributed by atoms with van der Waals surface area (Å²) >= 11 is 0. The maximum Gasteiger partial charge on any atom is 0.135 e. The second kappa shape index (κ2) is 30.9. The first-order valence-corrected chi connectivity index (χ1v) is 36.2. The van der Waals surface area contributed by atoms with Crippen molar-refractivity contribution < 1.29 is 31.4 Å². The lowest BCUT2D eigenvalue weighted by atomic mass is 10.0. The van der Waals surface area contributed by atoms with E-state index in [2.05, 4.69) is 216 Å². The molecule has 0 radical (unpaired) electrons. The molecule has 6 atom stereocenters. The Kier molecular flexibility index (Phi) is 27.3. The maximum atomic E-state index is 2.62. The van der Waals surface area contributed by atoms with E-state index in [0.717, 1.165) is 67.5 Å². The summed E-state index contributed by atoms with van der Waals surface area (Å²) in [4.78, 5) is 17.9. The van der Waals surface area contributed by atoms with Gasteiger partial charge in [0.25, 0.3) is 0 Å². The molecule has 14 heteroatoms.